The third kappa shape index (κ3) is 4.06. The lowest BCUT2D eigenvalue weighted by atomic mass is 10.2. The molecule has 2 nitrogen and oxygen atoms in total. The molecule has 0 aliphatic rings. The van der Waals surface area contributed by atoms with Gasteiger partial charge < -0.3 is 0 Å². The van der Waals surface area contributed by atoms with Gasteiger partial charge in [0.2, 0.25) is 5.82 Å². The third-order valence-electron chi connectivity index (χ3n) is 1.53. The van der Waals surface area contributed by atoms with Gasteiger partial charge in [-0.05, 0) is 25.0 Å². The minimum absolute atomic E-state index is 0.525. The molecule has 0 amide bonds. The SMILES string of the molecule is C=CC=C(C#Cc1ncccn1)C=CC. The van der Waals surface area contributed by atoms with Crippen LogP contribution in [0.2, 0.25) is 0 Å². The Bertz CT molecular complexity index is 431. The predicted molar refractivity (Wildman–Crippen MR) is 62.0 cm³/mol. The standard InChI is InChI=1S/C13H12N2/c1-3-6-12(7-4-2)8-9-13-14-10-5-11-15-13/h3-7,10-11H,1H2,2H3. The Labute approximate surface area is 90.1 Å². The lowest BCUT2D eigenvalue weighted by Gasteiger charge is -1.87. The first-order chi connectivity index (χ1) is 7.36. The van der Waals surface area contributed by atoms with Gasteiger partial charge in [0.25, 0.3) is 0 Å². The van der Waals surface area contributed by atoms with E-state index in [9.17, 15) is 0 Å². The minimum Gasteiger partial charge on any atom is -0.229 e. The highest BCUT2D eigenvalue weighted by atomic mass is 14.8. The van der Waals surface area contributed by atoms with Gasteiger partial charge in [-0.1, -0.05) is 30.7 Å². The van der Waals surface area contributed by atoms with Crippen molar-refractivity contribution in [2.75, 3.05) is 0 Å². The monoisotopic (exact) mass is 196 g/mol. The van der Waals surface area contributed by atoms with Crippen molar-refractivity contribution in [3.63, 3.8) is 0 Å². The van der Waals surface area contributed by atoms with Crippen molar-refractivity contribution in [2.45, 2.75) is 6.92 Å². The van der Waals surface area contributed by atoms with E-state index in [0.717, 1.165) is 5.57 Å². The van der Waals surface area contributed by atoms with Crippen molar-refractivity contribution in [3.8, 4) is 11.8 Å². The summed E-state index contributed by atoms with van der Waals surface area (Å²) >= 11 is 0. The molecule has 1 aromatic heterocycles. The van der Waals surface area contributed by atoms with Crippen LogP contribution >= 0.6 is 0 Å². The molecule has 0 saturated heterocycles. The Morgan fingerprint density at radius 1 is 1.40 bits per heavy atom. The largest absolute Gasteiger partial charge is 0.229 e. The maximum Gasteiger partial charge on any atom is 0.205 e. The third-order valence-corrected chi connectivity index (χ3v) is 1.53. The van der Waals surface area contributed by atoms with E-state index in [4.69, 9.17) is 0 Å². The molecule has 0 bridgehead atoms. The second kappa shape index (κ2) is 6.33. The van der Waals surface area contributed by atoms with Crippen LogP contribution in [0.5, 0.6) is 0 Å². The van der Waals surface area contributed by atoms with E-state index in [2.05, 4.69) is 28.4 Å². The quantitative estimate of drug-likeness (QED) is 0.536. The van der Waals surface area contributed by atoms with E-state index < -0.39 is 0 Å². The number of nitrogens with zero attached hydrogens (tertiary/aromatic N) is 2. The molecule has 2 heteroatoms. The van der Waals surface area contributed by atoms with Gasteiger partial charge in [0, 0.05) is 18.0 Å². The second-order valence-electron chi connectivity index (χ2n) is 2.68. The summed E-state index contributed by atoms with van der Waals surface area (Å²) in [5.74, 6) is 6.37. The number of allylic oxidation sites excluding steroid dienone is 5. The zero-order valence-corrected chi connectivity index (χ0v) is 8.64. The van der Waals surface area contributed by atoms with Crippen molar-refractivity contribution in [2.24, 2.45) is 0 Å². The first kappa shape index (κ1) is 10.9. The highest BCUT2D eigenvalue weighted by Gasteiger charge is 1.86. The molecule has 0 radical (unpaired) electrons. The van der Waals surface area contributed by atoms with E-state index >= 15 is 0 Å². The maximum absolute atomic E-state index is 4.01. The van der Waals surface area contributed by atoms with E-state index in [-0.39, 0.29) is 0 Å². The highest BCUT2D eigenvalue weighted by Crippen LogP contribution is 1.95. The molecule has 0 spiro atoms. The molecule has 1 aromatic rings. The normalized spacial score (nSPS) is 10.9. The van der Waals surface area contributed by atoms with Gasteiger partial charge in [0.05, 0.1) is 0 Å². The highest BCUT2D eigenvalue weighted by molar-refractivity contribution is 5.42. The minimum atomic E-state index is 0.525. The van der Waals surface area contributed by atoms with Crippen molar-refractivity contribution in [3.05, 3.63) is 60.7 Å². The Morgan fingerprint density at radius 3 is 2.73 bits per heavy atom. The van der Waals surface area contributed by atoms with Crippen molar-refractivity contribution >= 4 is 0 Å². The van der Waals surface area contributed by atoms with Gasteiger partial charge >= 0.3 is 0 Å². The molecule has 0 fully saturated rings. The predicted octanol–water partition coefficient (Wildman–Crippen LogP) is 2.52. The fourth-order valence-electron chi connectivity index (χ4n) is 0.937. The lowest BCUT2D eigenvalue weighted by molar-refractivity contribution is 1.13. The van der Waals surface area contributed by atoms with Crippen LogP contribution in [0.1, 0.15) is 12.7 Å². The number of hydrogen-bond donors (Lipinski definition) is 0. The van der Waals surface area contributed by atoms with Crippen LogP contribution in [-0.2, 0) is 0 Å². The molecule has 1 rings (SSSR count). The molecule has 0 N–H and O–H groups in total. The molecule has 1 heterocycles. The topological polar surface area (TPSA) is 25.8 Å². The molecule has 0 atom stereocenters. The summed E-state index contributed by atoms with van der Waals surface area (Å²) in [4.78, 5) is 8.02. The summed E-state index contributed by atoms with van der Waals surface area (Å²) in [6.07, 6.45) is 10.7. The Balaban J connectivity index is 2.88. The van der Waals surface area contributed by atoms with Crippen molar-refractivity contribution in [1.29, 1.82) is 0 Å². The Hall–Kier alpha value is -2.14. The molecule has 15 heavy (non-hydrogen) atoms. The lowest BCUT2D eigenvalue weighted by Crippen LogP contribution is -1.84. The van der Waals surface area contributed by atoms with E-state index in [1.165, 1.54) is 0 Å². The number of aromatic nitrogens is 2. The summed E-state index contributed by atoms with van der Waals surface area (Å²) < 4.78 is 0. The van der Waals surface area contributed by atoms with Gasteiger partial charge in [-0.3, -0.25) is 0 Å². The molecular weight excluding hydrogens is 184 g/mol. The molecule has 0 saturated carbocycles. The molecule has 0 aromatic carbocycles. The van der Waals surface area contributed by atoms with Crippen molar-refractivity contribution in [1.82, 2.24) is 9.97 Å². The Kier molecular flexibility index (Phi) is 4.62. The fourth-order valence-corrected chi connectivity index (χ4v) is 0.937. The first-order valence-corrected chi connectivity index (χ1v) is 4.61. The summed E-state index contributed by atoms with van der Waals surface area (Å²) in [7, 11) is 0. The van der Waals surface area contributed by atoms with E-state index in [1.54, 1.807) is 24.5 Å². The molecular formula is C13H12N2. The number of rotatable bonds is 2. The van der Waals surface area contributed by atoms with Crippen molar-refractivity contribution < 1.29 is 0 Å². The molecule has 0 aliphatic carbocycles. The van der Waals surface area contributed by atoms with Crippen LogP contribution in [-0.4, -0.2) is 9.97 Å². The fraction of sp³-hybridized carbons (Fsp3) is 0.0769. The van der Waals surface area contributed by atoms with Crippen LogP contribution in [0.15, 0.2) is 54.9 Å². The average Bonchev–Trinajstić information content (AvgIpc) is 2.28. The van der Waals surface area contributed by atoms with Gasteiger partial charge in [-0.25, -0.2) is 9.97 Å². The summed E-state index contributed by atoms with van der Waals surface area (Å²) in [6, 6.07) is 1.76. The van der Waals surface area contributed by atoms with Gasteiger partial charge in [-0.2, -0.15) is 0 Å². The Morgan fingerprint density at radius 2 is 2.13 bits per heavy atom. The molecule has 0 aliphatic heterocycles. The van der Waals surface area contributed by atoms with Crippen LogP contribution < -0.4 is 0 Å². The van der Waals surface area contributed by atoms with Gasteiger partial charge in [0.1, 0.15) is 0 Å². The maximum atomic E-state index is 4.01. The zero-order chi connectivity index (χ0) is 10.9. The first-order valence-electron chi connectivity index (χ1n) is 4.61. The second-order valence-corrected chi connectivity index (χ2v) is 2.68. The summed E-state index contributed by atoms with van der Waals surface area (Å²) in [6.45, 7) is 5.57. The zero-order valence-electron chi connectivity index (χ0n) is 8.64. The molecule has 0 unspecified atom stereocenters. The summed E-state index contributed by atoms with van der Waals surface area (Å²) in [5, 5.41) is 0. The van der Waals surface area contributed by atoms with Crippen LogP contribution in [0.3, 0.4) is 0 Å². The van der Waals surface area contributed by atoms with E-state index in [1.807, 2.05) is 25.2 Å². The van der Waals surface area contributed by atoms with E-state index in [0.29, 0.717) is 5.82 Å². The van der Waals surface area contributed by atoms with Crippen LogP contribution in [0.4, 0.5) is 0 Å². The van der Waals surface area contributed by atoms with Crippen LogP contribution in [0, 0.1) is 11.8 Å². The van der Waals surface area contributed by atoms with Crippen LogP contribution in [0.25, 0.3) is 0 Å². The summed E-state index contributed by atoms with van der Waals surface area (Å²) in [5.41, 5.74) is 0.889. The van der Waals surface area contributed by atoms with Gasteiger partial charge in [0.15, 0.2) is 0 Å². The molecule has 74 valence electrons. The van der Waals surface area contributed by atoms with Gasteiger partial charge in [-0.15, -0.1) is 0 Å². The number of hydrogen-bond acceptors (Lipinski definition) is 2. The smallest absolute Gasteiger partial charge is 0.205 e. The average molecular weight is 196 g/mol.